The third-order valence-electron chi connectivity index (χ3n) is 2.46. The van der Waals surface area contributed by atoms with E-state index >= 15 is 0 Å². The summed E-state index contributed by atoms with van der Waals surface area (Å²) in [6, 6.07) is 7.27. The molecular formula is C12H5BrF3N3OS2. The van der Waals surface area contributed by atoms with Crippen molar-refractivity contribution in [2.75, 3.05) is 0 Å². The van der Waals surface area contributed by atoms with Crippen molar-refractivity contribution in [3.63, 3.8) is 0 Å². The van der Waals surface area contributed by atoms with Gasteiger partial charge in [0.2, 0.25) is 5.89 Å². The highest BCUT2D eigenvalue weighted by molar-refractivity contribution is 9.10. The Bertz CT molecular complexity index is 803. The van der Waals surface area contributed by atoms with Gasteiger partial charge in [0.1, 0.15) is 0 Å². The molecule has 0 atom stereocenters. The van der Waals surface area contributed by atoms with Crippen LogP contribution in [-0.2, 0) is 6.18 Å². The van der Waals surface area contributed by atoms with E-state index in [9.17, 15) is 13.2 Å². The minimum absolute atomic E-state index is 0.133. The average Bonchev–Trinajstić information content (AvgIpc) is 3.09. The first-order valence-electron chi connectivity index (χ1n) is 5.72. The molecule has 2 heterocycles. The van der Waals surface area contributed by atoms with E-state index in [4.69, 9.17) is 4.42 Å². The summed E-state index contributed by atoms with van der Waals surface area (Å²) in [5, 5.41) is 8.78. The van der Waals surface area contributed by atoms with Gasteiger partial charge in [-0.05, 0) is 28.1 Å². The highest BCUT2D eigenvalue weighted by atomic mass is 79.9. The fourth-order valence-corrected chi connectivity index (χ4v) is 3.55. The van der Waals surface area contributed by atoms with Crippen molar-refractivity contribution in [1.29, 1.82) is 0 Å². The Labute approximate surface area is 138 Å². The topological polar surface area (TPSA) is 51.8 Å². The number of benzene rings is 1. The molecule has 3 rings (SSSR count). The average molecular weight is 408 g/mol. The second-order valence-corrected chi connectivity index (χ2v) is 6.86. The lowest BCUT2D eigenvalue weighted by Gasteiger charge is -1.99. The summed E-state index contributed by atoms with van der Waals surface area (Å²) in [6.45, 7) is 0. The molecule has 22 heavy (non-hydrogen) atoms. The molecular weight excluding hydrogens is 403 g/mol. The molecule has 0 bridgehead atoms. The van der Waals surface area contributed by atoms with Crippen molar-refractivity contribution in [2.45, 2.75) is 15.7 Å². The van der Waals surface area contributed by atoms with Gasteiger partial charge in [0.15, 0.2) is 10.0 Å². The standard InChI is InChI=1S/C12H5BrF3N3OS2/c13-7-4-2-1-3-6(7)9-18-19-10(20-9)22-11-17-8(5-21-11)12(14,15)16/h1-5H. The summed E-state index contributed by atoms with van der Waals surface area (Å²) in [4.78, 5) is 3.50. The molecule has 1 aromatic carbocycles. The van der Waals surface area contributed by atoms with Crippen molar-refractivity contribution in [1.82, 2.24) is 15.2 Å². The summed E-state index contributed by atoms with van der Waals surface area (Å²) < 4.78 is 43.9. The number of aromatic nitrogens is 3. The third kappa shape index (κ3) is 3.33. The summed E-state index contributed by atoms with van der Waals surface area (Å²) in [5.74, 6) is 0.280. The number of hydrogen-bond donors (Lipinski definition) is 0. The zero-order valence-electron chi connectivity index (χ0n) is 10.5. The lowest BCUT2D eigenvalue weighted by molar-refractivity contribution is -0.141. The van der Waals surface area contributed by atoms with Gasteiger partial charge in [-0.25, -0.2) is 4.98 Å². The lowest BCUT2D eigenvalue weighted by Crippen LogP contribution is -2.04. The SMILES string of the molecule is FC(F)(F)c1csc(Sc2nnc(-c3ccccc3Br)o2)n1. The zero-order chi connectivity index (χ0) is 15.7. The van der Waals surface area contributed by atoms with Crippen LogP contribution in [0.25, 0.3) is 11.5 Å². The Hall–Kier alpha value is -1.39. The van der Waals surface area contributed by atoms with Gasteiger partial charge in [-0.1, -0.05) is 12.1 Å². The monoisotopic (exact) mass is 407 g/mol. The summed E-state index contributed by atoms with van der Waals surface area (Å²) in [6.07, 6.45) is -4.45. The Kier molecular flexibility index (Phi) is 4.24. The van der Waals surface area contributed by atoms with Crippen LogP contribution in [0.15, 0.2) is 48.1 Å². The smallest absolute Gasteiger partial charge is 0.411 e. The molecule has 0 fully saturated rings. The molecule has 0 N–H and O–H groups in total. The molecule has 0 saturated carbocycles. The van der Waals surface area contributed by atoms with Crippen LogP contribution in [0, 0.1) is 0 Å². The minimum atomic E-state index is -4.45. The number of hydrogen-bond acceptors (Lipinski definition) is 6. The van der Waals surface area contributed by atoms with Crippen LogP contribution in [0.5, 0.6) is 0 Å². The number of rotatable bonds is 3. The second kappa shape index (κ2) is 6.01. The van der Waals surface area contributed by atoms with Crippen molar-refractivity contribution in [3.8, 4) is 11.5 Å². The summed E-state index contributed by atoms with van der Waals surface area (Å²) in [7, 11) is 0. The fraction of sp³-hybridized carbons (Fsp3) is 0.0833. The number of halogens is 4. The van der Waals surface area contributed by atoms with E-state index < -0.39 is 11.9 Å². The van der Waals surface area contributed by atoms with Crippen molar-refractivity contribution in [3.05, 3.63) is 39.8 Å². The maximum Gasteiger partial charge on any atom is 0.434 e. The molecule has 114 valence electrons. The lowest BCUT2D eigenvalue weighted by atomic mass is 10.2. The molecule has 0 spiro atoms. The molecule has 0 amide bonds. The largest absolute Gasteiger partial charge is 0.434 e. The van der Waals surface area contributed by atoms with Crippen LogP contribution in [0.3, 0.4) is 0 Å². The Morgan fingerprint density at radius 1 is 1.18 bits per heavy atom. The van der Waals surface area contributed by atoms with E-state index in [1.807, 2.05) is 18.2 Å². The predicted octanol–water partition coefficient (Wildman–Crippen LogP) is 5.13. The van der Waals surface area contributed by atoms with E-state index in [1.54, 1.807) is 6.07 Å². The van der Waals surface area contributed by atoms with Crippen LogP contribution < -0.4 is 0 Å². The first kappa shape index (κ1) is 15.5. The van der Waals surface area contributed by atoms with Crippen molar-refractivity contribution < 1.29 is 17.6 Å². The van der Waals surface area contributed by atoms with Crippen LogP contribution >= 0.6 is 39.0 Å². The van der Waals surface area contributed by atoms with Crippen LogP contribution in [0.1, 0.15) is 5.69 Å². The van der Waals surface area contributed by atoms with E-state index in [1.165, 1.54) is 0 Å². The van der Waals surface area contributed by atoms with Gasteiger partial charge in [0, 0.05) is 21.6 Å². The molecule has 3 aromatic rings. The molecule has 0 aliphatic carbocycles. The molecule has 10 heteroatoms. The van der Waals surface area contributed by atoms with Crippen LogP contribution in [0.2, 0.25) is 0 Å². The normalized spacial score (nSPS) is 11.8. The first-order chi connectivity index (χ1) is 10.4. The highest BCUT2D eigenvalue weighted by Crippen LogP contribution is 2.36. The van der Waals surface area contributed by atoms with Gasteiger partial charge in [-0.15, -0.1) is 21.5 Å². The molecule has 4 nitrogen and oxygen atoms in total. The van der Waals surface area contributed by atoms with Gasteiger partial charge in [0.25, 0.3) is 5.22 Å². The molecule has 0 aliphatic rings. The molecule has 0 radical (unpaired) electrons. The van der Waals surface area contributed by atoms with E-state index in [-0.39, 0.29) is 15.5 Å². The van der Waals surface area contributed by atoms with Gasteiger partial charge in [-0.3, -0.25) is 0 Å². The maximum atomic E-state index is 12.5. The number of thiazole rings is 1. The van der Waals surface area contributed by atoms with E-state index in [0.717, 1.165) is 33.0 Å². The van der Waals surface area contributed by atoms with Crippen LogP contribution in [0.4, 0.5) is 13.2 Å². The maximum absolute atomic E-state index is 12.5. The number of nitrogens with zero attached hydrogens (tertiary/aromatic N) is 3. The second-order valence-electron chi connectivity index (χ2n) is 3.95. The Morgan fingerprint density at radius 2 is 1.95 bits per heavy atom. The van der Waals surface area contributed by atoms with E-state index in [2.05, 4.69) is 31.1 Å². The summed E-state index contributed by atoms with van der Waals surface area (Å²) in [5.41, 5.74) is -0.220. The number of alkyl halides is 3. The Balaban J connectivity index is 1.80. The van der Waals surface area contributed by atoms with Gasteiger partial charge < -0.3 is 4.42 Å². The first-order valence-corrected chi connectivity index (χ1v) is 8.21. The van der Waals surface area contributed by atoms with Crippen molar-refractivity contribution in [2.24, 2.45) is 0 Å². The van der Waals surface area contributed by atoms with Crippen LogP contribution in [-0.4, -0.2) is 15.2 Å². The molecule has 0 unspecified atom stereocenters. The fourth-order valence-electron chi connectivity index (χ4n) is 1.50. The summed E-state index contributed by atoms with van der Waals surface area (Å²) >= 11 is 5.14. The highest BCUT2D eigenvalue weighted by Gasteiger charge is 2.34. The Morgan fingerprint density at radius 3 is 2.64 bits per heavy atom. The quantitative estimate of drug-likeness (QED) is 0.602. The minimum Gasteiger partial charge on any atom is -0.411 e. The molecule has 2 aromatic heterocycles. The molecule has 0 aliphatic heterocycles. The third-order valence-corrected chi connectivity index (χ3v) is 4.93. The van der Waals surface area contributed by atoms with Gasteiger partial charge >= 0.3 is 6.18 Å². The molecule has 0 saturated heterocycles. The van der Waals surface area contributed by atoms with E-state index in [0.29, 0.717) is 5.56 Å². The zero-order valence-corrected chi connectivity index (χ0v) is 13.7. The van der Waals surface area contributed by atoms with Gasteiger partial charge in [-0.2, -0.15) is 13.2 Å². The van der Waals surface area contributed by atoms with Crippen molar-refractivity contribution >= 4 is 39.0 Å². The van der Waals surface area contributed by atoms with Gasteiger partial charge in [0.05, 0.1) is 5.56 Å². The predicted molar refractivity (Wildman–Crippen MR) is 78.7 cm³/mol.